The van der Waals surface area contributed by atoms with E-state index in [2.05, 4.69) is 22.3 Å². The molecule has 112 valence electrons. The van der Waals surface area contributed by atoms with Crippen molar-refractivity contribution in [2.45, 2.75) is 19.8 Å². The largest absolute Gasteiger partial charge is 0.494 e. The molecule has 0 fully saturated rings. The van der Waals surface area contributed by atoms with Crippen LogP contribution in [0.2, 0.25) is 0 Å². The fourth-order valence-corrected chi connectivity index (χ4v) is 2.21. The molecular weight excluding hydrogens is 276 g/mol. The third-order valence-corrected chi connectivity index (χ3v) is 3.35. The maximum Gasteiger partial charge on any atom is 0.247 e. The molecule has 2 aromatic carbocycles. The molecule has 1 aromatic heterocycles. The van der Waals surface area contributed by atoms with Gasteiger partial charge in [0.1, 0.15) is 5.75 Å². The smallest absolute Gasteiger partial charge is 0.247 e. The van der Waals surface area contributed by atoms with Crippen LogP contribution in [0.25, 0.3) is 11.5 Å². The SMILES string of the molecule is Cc1nnc(-c2ccc(CCCOc3ccccc3)cc2)o1. The summed E-state index contributed by atoms with van der Waals surface area (Å²) in [5, 5.41) is 7.86. The molecule has 0 spiro atoms. The first-order chi connectivity index (χ1) is 10.8. The summed E-state index contributed by atoms with van der Waals surface area (Å²) in [6.07, 6.45) is 1.96. The molecule has 4 nitrogen and oxygen atoms in total. The Kier molecular flexibility index (Phi) is 4.49. The number of rotatable bonds is 6. The van der Waals surface area contributed by atoms with E-state index in [1.54, 1.807) is 6.92 Å². The lowest BCUT2D eigenvalue weighted by Crippen LogP contribution is -1.99. The lowest BCUT2D eigenvalue weighted by atomic mass is 10.1. The fourth-order valence-electron chi connectivity index (χ4n) is 2.21. The van der Waals surface area contributed by atoms with E-state index in [1.807, 2.05) is 42.5 Å². The monoisotopic (exact) mass is 294 g/mol. The second-order valence-corrected chi connectivity index (χ2v) is 5.09. The Morgan fingerprint density at radius 3 is 2.41 bits per heavy atom. The van der Waals surface area contributed by atoms with Gasteiger partial charge in [0.25, 0.3) is 0 Å². The molecule has 0 amide bonds. The van der Waals surface area contributed by atoms with Crippen molar-refractivity contribution >= 4 is 0 Å². The normalized spacial score (nSPS) is 10.6. The Balaban J connectivity index is 1.49. The Hall–Kier alpha value is -2.62. The lowest BCUT2D eigenvalue weighted by Gasteiger charge is -2.06. The van der Waals surface area contributed by atoms with Crippen molar-refractivity contribution in [1.29, 1.82) is 0 Å². The number of benzene rings is 2. The van der Waals surface area contributed by atoms with E-state index in [1.165, 1.54) is 5.56 Å². The summed E-state index contributed by atoms with van der Waals surface area (Å²) < 4.78 is 11.1. The average Bonchev–Trinajstić information content (AvgIpc) is 3.00. The second-order valence-electron chi connectivity index (χ2n) is 5.09. The quantitative estimate of drug-likeness (QED) is 0.643. The van der Waals surface area contributed by atoms with E-state index in [0.717, 1.165) is 24.2 Å². The zero-order valence-electron chi connectivity index (χ0n) is 12.5. The van der Waals surface area contributed by atoms with Crippen LogP contribution in [0.1, 0.15) is 17.9 Å². The molecule has 0 bridgehead atoms. The van der Waals surface area contributed by atoms with E-state index in [4.69, 9.17) is 9.15 Å². The van der Waals surface area contributed by atoms with Gasteiger partial charge in [0, 0.05) is 12.5 Å². The van der Waals surface area contributed by atoms with Crippen molar-refractivity contribution in [2.75, 3.05) is 6.61 Å². The van der Waals surface area contributed by atoms with Crippen LogP contribution in [0.4, 0.5) is 0 Å². The predicted molar refractivity (Wildman–Crippen MR) is 84.7 cm³/mol. The zero-order valence-corrected chi connectivity index (χ0v) is 12.5. The molecule has 0 aliphatic carbocycles. The first-order valence-electron chi connectivity index (χ1n) is 7.38. The van der Waals surface area contributed by atoms with E-state index in [9.17, 15) is 0 Å². The third-order valence-electron chi connectivity index (χ3n) is 3.35. The number of para-hydroxylation sites is 1. The summed E-state index contributed by atoms with van der Waals surface area (Å²) in [5.41, 5.74) is 2.22. The summed E-state index contributed by atoms with van der Waals surface area (Å²) in [4.78, 5) is 0. The average molecular weight is 294 g/mol. The summed E-state index contributed by atoms with van der Waals surface area (Å²) in [5.74, 6) is 2.07. The Morgan fingerprint density at radius 2 is 1.73 bits per heavy atom. The number of ether oxygens (including phenoxy) is 1. The highest BCUT2D eigenvalue weighted by Gasteiger charge is 2.05. The summed E-state index contributed by atoms with van der Waals surface area (Å²) in [6.45, 7) is 2.51. The first-order valence-corrected chi connectivity index (χ1v) is 7.38. The minimum Gasteiger partial charge on any atom is -0.494 e. The molecule has 0 saturated heterocycles. The van der Waals surface area contributed by atoms with Gasteiger partial charge in [-0.1, -0.05) is 30.3 Å². The third kappa shape index (κ3) is 3.73. The second kappa shape index (κ2) is 6.89. The molecule has 4 heteroatoms. The van der Waals surface area contributed by atoms with Crippen molar-refractivity contribution in [2.24, 2.45) is 0 Å². The molecule has 0 aliphatic heterocycles. The predicted octanol–water partition coefficient (Wildman–Crippen LogP) is 4.06. The topological polar surface area (TPSA) is 48.2 Å². The summed E-state index contributed by atoms with van der Waals surface area (Å²) in [6, 6.07) is 18.1. The molecule has 0 radical (unpaired) electrons. The number of aromatic nitrogens is 2. The van der Waals surface area contributed by atoms with Gasteiger partial charge < -0.3 is 9.15 Å². The highest BCUT2D eigenvalue weighted by Crippen LogP contribution is 2.18. The van der Waals surface area contributed by atoms with Gasteiger partial charge in [0.05, 0.1) is 6.61 Å². The minimum absolute atomic E-state index is 0.566. The van der Waals surface area contributed by atoms with Crippen LogP contribution in [-0.2, 0) is 6.42 Å². The van der Waals surface area contributed by atoms with E-state index in [-0.39, 0.29) is 0 Å². The molecule has 0 atom stereocenters. The van der Waals surface area contributed by atoms with Crippen molar-refractivity contribution in [3.05, 3.63) is 66.1 Å². The van der Waals surface area contributed by atoms with E-state index in [0.29, 0.717) is 18.4 Å². The summed E-state index contributed by atoms with van der Waals surface area (Å²) in [7, 11) is 0. The fraction of sp³-hybridized carbons (Fsp3) is 0.222. The highest BCUT2D eigenvalue weighted by atomic mass is 16.5. The minimum atomic E-state index is 0.566. The number of aryl methyl sites for hydroxylation is 2. The van der Waals surface area contributed by atoms with Crippen LogP contribution in [0.5, 0.6) is 5.75 Å². The molecule has 1 heterocycles. The van der Waals surface area contributed by atoms with Crippen LogP contribution >= 0.6 is 0 Å². The zero-order chi connectivity index (χ0) is 15.2. The van der Waals surface area contributed by atoms with Crippen LogP contribution in [-0.4, -0.2) is 16.8 Å². The molecule has 3 rings (SSSR count). The molecule has 3 aromatic rings. The van der Waals surface area contributed by atoms with Crippen LogP contribution in [0.3, 0.4) is 0 Å². The van der Waals surface area contributed by atoms with Gasteiger partial charge in [-0.05, 0) is 42.7 Å². The number of hydrogen-bond acceptors (Lipinski definition) is 4. The Labute approximate surface area is 129 Å². The maximum atomic E-state index is 5.69. The molecule has 22 heavy (non-hydrogen) atoms. The number of hydrogen-bond donors (Lipinski definition) is 0. The van der Waals surface area contributed by atoms with E-state index < -0.39 is 0 Å². The van der Waals surface area contributed by atoms with E-state index >= 15 is 0 Å². The van der Waals surface area contributed by atoms with Gasteiger partial charge in [-0.15, -0.1) is 10.2 Å². The first kappa shape index (κ1) is 14.3. The highest BCUT2D eigenvalue weighted by molar-refractivity contribution is 5.52. The van der Waals surface area contributed by atoms with Gasteiger partial charge in [-0.3, -0.25) is 0 Å². The standard InChI is InChI=1S/C18H18N2O2/c1-14-19-20-18(22-14)16-11-9-15(10-12-16)6-5-13-21-17-7-3-2-4-8-17/h2-4,7-12H,5-6,13H2,1H3. The molecule has 0 N–H and O–H groups in total. The van der Waals surface area contributed by atoms with Gasteiger partial charge in [-0.25, -0.2) is 0 Å². The van der Waals surface area contributed by atoms with Gasteiger partial charge in [-0.2, -0.15) is 0 Å². The number of nitrogens with zero attached hydrogens (tertiary/aromatic N) is 2. The van der Waals surface area contributed by atoms with Gasteiger partial charge in [0.15, 0.2) is 0 Å². The maximum absolute atomic E-state index is 5.69. The van der Waals surface area contributed by atoms with Crippen LogP contribution in [0, 0.1) is 6.92 Å². The molecule has 0 saturated carbocycles. The Morgan fingerprint density at radius 1 is 0.955 bits per heavy atom. The molecule has 0 aliphatic rings. The van der Waals surface area contributed by atoms with Crippen molar-refractivity contribution < 1.29 is 9.15 Å². The van der Waals surface area contributed by atoms with Gasteiger partial charge >= 0.3 is 0 Å². The van der Waals surface area contributed by atoms with Crippen molar-refractivity contribution in [1.82, 2.24) is 10.2 Å². The summed E-state index contributed by atoms with van der Waals surface area (Å²) >= 11 is 0. The van der Waals surface area contributed by atoms with Gasteiger partial charge in [0.2, 0.25) is 11.8 Å². The lowest BCUT2D eigenvalue weighted by molar-refractivity contribution is 0.311. The Bertz CT molecular complexity index is 705. The van der Waals surface area contributed by atoms with Crippen LogP contribution in [0.15, 0.2) is 59.0 Å². The van der Waals surface area contributed by atoms with Crippen molar-refractivity contribution in [3.63, 3.8) is 0 Å². The molecular formula is C18H18N2O2. The molecule has 0 unspecified atom stereocenters. The van der Waals surface area contributed by atoms with Crippen LogP contribution < -0.4 is 4.74 Å². The van der Waals surface area contributed by atoms with Crippen molar-refractivity contribution in [3.8, 4) is 17.2 Å².